The smallest absolute Gasteiger partial charge is 0.312 e. The van der Waals surface area contributed by atoms with E-state index < -0.39 is 5.41 Å². The molecular weight excluding hydrogens is 298 g/mol. The average Bonchev–Trinajstić information content (AvgIpc) is 2.59. The van der Waals surface area contributed by atoms with Gasteiger partial charge in [0, 0.05) is 6.54 Å². The number of rotatable bonds is 12. The molecule has 0 aliphatic heterocycles. The average molecular weight is 342 g/mol. The Balaban J connectivity index is 5.43. The molecule has 0 saturated heterocycles. The van der Waals surface area contributed by atoms with Crippen LogP contribution in [0.2, 0.25) is 0 Å². The number of carbonyl (C=O) groups is 1. The van der Waals surface area contributed by atoms with Gasteiger partial charge in [-0.25, -0.2) is 0 Å². The highest BCUT2D eigenvalue weighted by molar-refractivity contribution is 5.77. The lowest BCUT2D eigenvalue weighted by Gasteiger charge is -2.48. The second-order valence-corrected chi connectivity index (χ2v) is 8.33. The molecule has 0 saturated carbocycles. The molecule has 0 spiro atoms. The van der Waals surface area contributed by atoms with Crippen LogP contribution >= 0.6 is 0 Å². The van der Waals surface area contributed by atoms with Crippen molar-refractivity contribution in [1.29, 1.82) is 0 Å². The molecule has 0 N–H and O–H groups in total. The molecule has 0 aliphatic rings. The fourth-order valence-electron chi connectivity index (χ4n) is 3.53. The van der Waals surface area contributed by atoms with E-state index in [4.69, 9.17) is 4.74 Å². The standard InChI is InChI=1S/C21H43NO2/c1-10-19(6,11-2)17-21(8,20(7,12-3)13-4)18(23)24-16-15-22(9)14-5/h10-17H2,1-9H3. The van der Waals surface area contributed by atoms with E-state index in [1.165, 1.54) is 0 Å². The SMILES string of the molecule is CCN(C)CCOC(=O)C(C)(CC(C)(CC)CC)C(C)(CC)CC. The summed E-state index contributed by atoms with van der Waals surface area (Å²) in [5.74, 6) is -0.00803. The summed E-state index contributed by atoms with van der Waals surface area (Å²) in [6.07, 6.45) is 5.07. The van der Waals surface area contributed by atoms with Crippen LogP contribution in [-0.4, -0.2) is 37.6 Å². The monoisotopic (exact) mass is 341 g/mol. The van der Waals surface area contributed by atoms with Crippen LogP contribution in [0.5, 0.6) is 0 Å². The third kappa shape index (κ3) is 5.47. The predicted molar refractivity (Wildman–Crippen MR) is 104 cm³/mol. The van der Waals surface area contributed by atoms with Crippen molar-refractivity contribution < 1.29 is 9.53 Å². The number of esters is 1. The first kappa shape index (κ1) is 23.4. The van der Waals surface area contributed by atoms with Crippen LogP contribution in [0.25, 0.3) is 0 Å². The Morgan fingerprint density at radius 3 is 1.79 bits per heavy atom. The van der Waals surface area contributed by atoms with Crippen LogP contribution in [0.3, 0.4) is 0 Å². The fourth-order valence-corrected chi connectivity index (χ4v) is 3.53. The summed E-state index contributed by atoms with van der Waals surface area (Å²) < 4.78 is 5.78. The van der Waals surface area contributed by atoms with E-state index in [0.717, 1.165) is 45.2 Å². The van der Waals surface area contributed by atoms with Crippen LogP contribution < -0.4 is 0 Å². The first-order chi connectivity index (χ1) is 11.1. The van der Waals surface area contributed by atoms with Crippen LogP contribution in [0.15, 0.2) is 0 Å². The van der Waals surface area contributed by atoms with Gasteiger partial charge in [0.15, 0.2) is 0 Å². The minimum Gasteiger partial charge on any atom is -0.464 e. The van der Waals surface area contributed by atoms with Gasteiger partial charge in [0.05, 0.1) is 5.41 Å². The zero-order chi connectivity index (χ0) is 19.0. The molecule has 0 bridgehead atoms. The number of nitrogens with zero attached hydrogens (tertiary/aromatic N) is 1. The zero-order valence-corrected chi connectivity index (χ0v) is 17.9. The van der Waals surface area contributed by atoms with Crippen molar-refractivity contribution in [3.63, 3.8) is 0 Å². The van der Waals surface area contributed by atoms with E-state index in [0.29, 0.717) is 6.61 Å². The Bertz CT molecular complexity index is 372. The number of ether oxygens (including phenoxy) is 1. The molecule has 0 radical (unpaired) electrons. The highest BCUT2D eigenvalue weighted by atomic mass is 16.5. The van der Waals surface area contributed by atoms with Gasteiger partial charge in [0.1, 0.15) is 6.61 Å². The zero-order valence-electron chi connectivity index (χ0n) is 17.9. The van der Waals surface area contributed by atoms with Gasteiger partial charge in [-0.1, -0.05) is 61.3 Å². The van der Waals surface area contributed by atoms with Crippen LogP contribution in [0.1, 0.15) is 87.5 Å². The molecule has 0 aromatic heterocycles. The van der Waals surface area contributed by atoms with Crippen molar-refractivity contribution in [2.24, 2.45) is 16.2 Å². The first-order valence-electron chi connectivity index (χ1n) is 9.93. The van der Waals surface area contributed by atoms with Crippen molar-refractivity contribution in [1.82, 2.24) is 4.90 Å². The van der Waals surface area contributed by atoms with E-state index in [-0.39, 0.29) is 16.8 Å². The van der Waals surface area contributed by atoms with Crippen molar-refractivity contribution in [3.8, 4) is 0 Å². The third-order valence-corrected chi connectivity index (χ3v) is 7.08. The van der Waals surface area contributed by atoms with Crippen LogP contribution in [0.4, 0.5) is 0 Å². The van der Waals surface area contributed by atoms with Crippen LogP contribution in [-0.2, 0) is 9.53 Å². The molecule has 3 nitrogen and oxygen atoms in total. The van der Waals surface area contributed by atoms with Crippen molar-refractivity contribution in [3.05, 3.63) is 0 Å². The van der Waals surface area contributed by atoms with Crippen molar-refractivity contribution in [2.45, 2.75) is 87.5 Å². The number of likely N-dealkylation sites (N-methyl/N-ethyl adjacent to an activating group) is 1. The molecular formula is C21H43NO2. The Morgan fingerprint density at radius 2 is 1.42 bits per heavy atom. The summed E-state index contributed by atoms with van der Waals surface area (Å²) in [6, 6.07) is 0. The summed E-state index contributed by atoms with van der Waals surface area (Å²) in [4.78, 5) is 15.3. The van der Waals surface area contributed by atoms with E-state index in [2.05, 4.69) is 67.3 Å². The van der Waals surface area contributed by atoms with Gasteiger partial charge in [-0.3, -0.25) is 4.79 Å². The minimum atomic E-state index is -0.442. The van der Waals surface area contributed by atoms with Gasteiger partial charge >= 0.3 is 5.97 Å². The topological polar surface area (TPSA) is 29.5 Å². The summed E-state index contributed by atoms with van der Waals surface area (Å²) in [5, 5.41) is 0. The molecule has 1 atom stereocenters. The maximum absolute atomic E-state index is 13.2. The molecule has 0 fully saturated rings. The molecule has 0 aromatic rings. The first-order valence-corrected chi connectivity index (χ1v) is 9.93. The van der Waals surface area contributed by atoms with Gasteiger partial charge < -0.3 is 9.64 Å². The lowest BCUT2D eigenvalue weighted by atomic mass is 9.56. The second-order valence-electron chi connectivity index (χ2n) is 8.33. The largest absolute Gasteiger partial charge is 0.464 e. The summed E-state index contributed by atoms with van der Waals surface area (Å²) in [7, 11) is 2.06. The van der Waals surface area contributed by atoms with E-state index in [1.807, 2.05) is 0 Å². The minimum absolute atomic E-state index is 0.00803. The molecule has 3 heteroatoms. The lowest BCUT2D eigenvalue weighted by Crippen LogP contribution is -2.48. The van der Waals surface area contributed by atoms with Gasteiger partial charge in [-0.2, -0.15) is 0 Å². The highest BCUT2D eigenvalue weighted by Gasteiger charge is 2.51. The van der Waals surface area contributed by atoms with Gasteiger partial charge in [-0.05, 0) is 50.6 Å². The maximum atomic E-state index is 13.2. The van der Waals surface area contributed by atoms with E-state index in [9.17, 15) is 4.79 Å². The molecule has 1 unspecified atom stereocenters. The molecule has 144 valence electrons. The summed E-state index contributed by atoms with van der Waals surface area (Å²) in [5.41, 5.74) is -0.298. The molecule has 0 aromatic carbocycles. The Labute approximate surface area is 151 Å². The number of hydrogen-bond donors (Lipinski definition) is 0. The number of hydrogen-bond acceptors (Lipinski definition) is 3. The maximum Gasteiger partial charge on any atom is 0.312 e. The van der Waals surface area contributed by atoms with E-state index in [1.54, 1.807) is 0 Å². The molecule has 0 rings (SSSR count). The number of carbonyl (C=O) groups excluding carboxylic acids is 1. The molecule has 24 heavy (non-hydrogen) atoms. The molecule has 0 amide bonds. The highest BCUT2D eigenvalue weighted by Crippen LogP contribution is 2.53. The Kier molecular flexibility index (Phi) is 9.56. The third-order valence-electron chi connectivity index (χ3n) is 7.08. The molecule has 0 aliphatic carbocycles. The van der Waals surface area contributed by atoms with Gasteiger partial charge in [0.25, 0.3) is 0 Å². The van der Waals surface area contributed by atoms with Gasteiger partial charge in [0.2, 0.25) is 0 Å². The quantitative estimate of drug-likeness (QED) is 0.437. The Hall–Kier alpha value is -0.570. The van der Waals surface area contributed by atoms with Crippen LogP contribution in [0, 0.1) is 16.2 Å². The van der Waals surface area contributed by atoms with Gasteiger partial charge in [-0.15, -0.1) is 0 Å². The molecule has 0 heterocycles. The normalized spacial score (nSPS) is 15.4. The van der Waals surface area contributed by atoms with Crippen molar-refractivity contribution >= 4 is 5.97 Å². The van der Waals surface area contributed by atoms with E-state index >= 15 is 0 Å². The summed E-state index contributed by atoms with van der Waals surface area (Å²) in [6.45, 7) is 20.0. The lowest BCUT2D eigenvalue weighted by molar-refractivity contribution is -0.168. The summed E-state index contributed by atoms with van der Waals surface area (Å²) >= 11 is 0. The fraction of sp³-hybridized carbons (Fsp3) is 0.952. The second kappa shape index (κ2) is 9.79. The predicted octanol–water partition coefficient (Wildman–Crippen LogP) is 5.53. The Morgan fingerprint density at radius 1 is 0.917 bits per heavy atom. The van der Waals surface area contributed by atoms with Crippen molar-refractivity contribution in [2.75, 3.05) is 26.7 Å².